The molecular weight excluding hydrogens is 252 g/mol. The first kappa shape index (κ1) is 14.4. The molecule has 2 aromatic rings. The highest BCUT2D eigenvalue weighted by Crippen LogP contribution is 2.23. The minimum absolute atomic E-state index is 0.316. The van der Waals surface area contributed by atoms with Crippen LogP contribution in [0.5, 0.6) is 0 Å². The molecule has 0 saturated heterocycles. The van der Waals surface area contributed by atoms with E-state index in [1.165, 1.54) is 20.0 Å². The number of benzene rings is 1. The lowest BCUT2D eigenvalue weighted by molar-refractivity contribution is 0.0601. The normalized spacial score (nSPS) is 10.5. The molecule has 0 aliphatic heterocycles. The molecule has 0 aliphatic rings. The molecule has 0 saturated carbocycles. The molecule has 3 nitrogen and oxygen atoms in total. The molecule has 0 atom stereocenters. The molecule has 1 heterocycles. The molecule has 0 unspecified atom stereocenters. The summed E-state index contributed by atoms with van der Waals surface area (Å²) in [6, 6.07) is 9.43. The van der Waals surface area contributed by atoms with E-state index in [2.05, 4.69) is 17.7 Å². The van der Waals surface area contributed by atoms with Gasteiger partial charge in [-0.3, -0.25) is 0 Å². The summed E-state index contributed by atoms with van der Waals surface area (Å²) < 4.78 is 10.3. The summed E-state index contributed by atoms with van der Waals surface area (Å²) in [7, 11) is 1.38. The predicted octanol–water partition coefficient (Wildman–Crippen LogP) is 4.47. The van der Waals surface area contributed by atoms with E-state index in [1.54, 1.807) is 18.4 Å². The van der Waals surface area contributed by atoms with E-state index in [0.29, 0.717) is 5.56 Å². The minimum atomic E-state index is -0.316. The van der Waals surface area contributed by atoms with Crippen molar-refractivity contribution in [3.8, 4) is 11.1 Å². The van der Waals surface area contributed by atoms with Crippen LogP contribution in [-0.2, 0) is 11.2 Å². The van der Waals surface area contributed by atoms with Crippen LogP contribution in [0.4, 0.5) is 0 Å². The number of rotatable bonds is 6. The smallest absolute Gasteiger partial charge is 0.337 e. The summed E-state index contributed by atoms with van der Waals surface area (Å²) in [6.45, 7) is 2.19. The number of methoxy groups -OCH3 is 1. The molecule has 1 aromatic heterocycles. The van der Waals surface area contributed by atoms with Gasteiger partial charge in [0.2, 0.25) is 0 Å². The second kappa shape index (κ2) is 6.94. The van der Waals surface area contributed by atoms with Gasteiger partial charge in [0.1, 0.15) is 5.76 Å². The lowest BCUT2D eigenvalue weighted by atomic mass is 10.1. The van der Waals surface area contributed by atoms with Crippen LogP contribution >= 0.6 is 0 Å². The van der Waals surface area contributed by atoms with Crippen LogP contribution in [0.1, 0.15) is 42.3 Å². The first-order chi connectivity index (χ1) is 9.74. The van der Waals surface area contributed by atoms with Crippen LogP contribution in [0.25, 0.3) is 11.1 Å². The SMILES string of the molecule is CCCCCc1cc(-c2ccc(C(=O)OC)cc2)co1. The van der Waals surface area contributed by atoms with E-state index >= 15 is 0 Å². The Labute approximate surface area is 119 Å². The predicted molar refractivity (Wildman–Crippen MR) is 78.7 cm³/mol. The Hall–Kier alpha value is -2.03. The van der Waals surface area contributed by atoms with E-state index in [1.807, 2.05) is 12.1 Å². The monoisotopic (exact) mass is 272 g/mol. The molecule has 106 valence electrons. The Kier molecular flexibility index (Phi) is 4.99. The van der Waals surface area contributed by atoms with Gasteiger partial charge in [-0.2, -0.15) is 0 Å². The molecule has 0 aliphatic carbocycles. The van der Waals surface area contributed by atoms with E-state index in [9.17, 15) is 4.79 Å². The van der Waals surface area contributed by atoms with Crippen molar-refractivity contribution in [2.45, 2.75) is 32.6 Å². The first-order valence-electron chi connectivity index (χ1n) is 7.00. The number of carbonyl (C=O) groups is 1. The van der Waals surface area contributed by atoms with Gasteiger partial charge in [0.05, 0.1) is 18.9 Å². The summed E-state index contributed by atoms with van der Waals surface area (Å²) in [5.74, 6) is 0.703. The van der Waals surface area contributed by atoms with Gasteiger partial charge in [0, 0.05) is 12.0 Å². The standard InChI is InChI=1S/C17H20O3/c1-3-4-5-6-16-11-15(12-20-16)13-7-9-14(10-8-13)17(18)19-2/h7-12H,3-6H2,1-2H3. The summed E-state index contributed by atoms with van der Waals surface area (Å²) in [6.07, 6.45) is 6.35. The number of esters is 1. The van der Waals surface area contributed by atoms with Crippen molar-refractivity contribution < 1.29 is 13.9 Å². The topological polar surface area (TPSA) is 39.4 Å². The molecule has 0 spiro atoms. The van der Waals surface area contributed by atoms with Gasteiger partial charge < -0.3 is 9.15 Å². The molecule has 2 rings (SSSR count). The van der Waals surface area contributed by atoms with Crippen LogP contribution < -0.4 is 0 Å². The molecule has 20 heavy (non-hydrogen) atoms. The summed E-state index contributed by atoms with van der Waals surface area (Å²) >= 11 is 0. The summed E-state index contributed by atoms with van der Waals surface area (Å²) in [5.41, 5.74) is 2.65. The van der Waals surface area contributed by atoms with Crippen LogP contribution in [0.3, 0.4) is 0 Å². The maximum absolute atomic E-state index is 11.4. The average Bonchev–Trinajstić information content (AvgIpc) is 2.96. The highest BCUT2D eigenvalue weighted by molar-refractivity contribution is 5.89. The van der Waals surface area contributed by atoms with Crippen molar-refractivity contribution in [1.82, 2.24) is 0 Å². The third kappa shape index (κ3) is 3.50. The van der Waals surface area contributed by atoms with Crippen molar-refractivity contribution >= 4 is 5.97 Å². The zero-order valence-electron chi connectivity index (χ0n) is 12.0. The Balaban J connectivity index is 2.06. The third-order valence-electron chi connectivity index (χ3n) is 3.32. The highest BCUT2D eigenvalue weighted by Gasteiger charge is 2.07. The largest absolute Gasteiger partial charge is 0.469 e. The molecule has 0 N–H and O–H groups in total. The fraction of sp³-hybridized carbons (Fsp3) is 0.353. The molecule has 0 bridgehead atoms. The molecule has 0 radical (unpaired) electrons. The zero-order chi connectivity index (χ0) is 14.4. The molecule has 0 fully saturated rings. The number of aryl methyl sites for hydroxylation is 1. The average molecular weight is 272 g/mol. The van der Waals surface area contributed by atoms with Crippen molar-refractivity contribution in [3.05, 3.63) is 47.9 Å². The number of hydrogen-bond donors (Lipinski definition) is 0. The Morgan fingerprint density at radius 2 is 1.90 bits per heavy atom. The summed E-state index contributed by atoms with van der Waals surface area (Å²) in [5, 5.41) is 0. The number of hydrogen-bond acceptors (Lipinski definition) is 3. The van der Waals surface area contributed by atoms with Crippen LogP contribution in [-0.4, -0.2) is 13.1 Å². The van der Waals surface area contributed by atoms with Gasteiger partial charge in [-0.15, -0.1) is 0 Å². The van der Waals surface area contributed by atoms with Crippen molar-refractivity contribution in [3.63, 3.8) is 0 Å². The van der Waals surface area contributed by atoms with Gasteiger partial charge in [0.15, 0.2) is 0 Å². The fourth-order valence-corrected chi connectivity index (χ4v) is 2.13. The number of unbranched alkanes of at least 4 members (excludes halogenated alkanes) is 2. The van der Waals surface area contributed by atoms with E-state index < -0.39 is 0 Å². The Morgan fingerprint density at radius 3 is 2.55 bits per heavy atom. The maximum atomic E-state index is 11.4. The Bertz CT molecular complexity index is 552. The molecule has 0 amide bonds. The number of ether oxygens (including phenoxy) is 1. The van der Waals surface area contributed by atoms with E-state index in [-0.39, 0.29) is 5.97 Å². The molecular formula is C17H20O3. The van der Waals surface area contributed by atoms with Crippen LogP contribution in [0, 0.1) is 0 Å². The van der Waals surface area contributed by atoms with E-state index in [4.69, 9.17) is 4.42 Å². The fourth-order valence-electron chi connectivity index (χ4n) is 2.13. The van der Waals surface area contributed by atoms with Gasteiger partial charge in [-0.1, -0.05) is 31.9 Å². The molecule has 3 heteroatoms. The number of carbonyl (C=O) groups excluding carboxylic acids is 1. The van der Waals surface area contributed by atoms with Gasteiger partial charge in [-0.25, -0.2) is 4.79 Å². The quantitative estimate of drug-likeness (QED) is 0.575. The van der Waals surface area contributed by atoms with Gasteiger partial charge in [0.25, 0.3) is 0 Å². The van der Waals surface area contributed by atoms with Crippen molar-refractivity contribution in [2.24, 2.45) is 0 Å². The Morgan fingerprint density at radius 1 is 1.15 bits per heavy atom. The third-order valence-corrected chi connectivity index (χ3v) is 3.32. The van der Waals surface area contributed by atoms with Crippen molar-refractivity contribution in [1.29, 1.82) is 0 Å². The maximum Gasteiger partial charge on any atom is 0.337 e. The number of furan rings is 1. The summed E-state index contributed by atoms with van der Waals surface area (Å²) in [4.78, 5) is 11.4. The van der Waals surface area contributed by atoms with Crippen molar-refractivity contribution in [2.75, 3.05) is 7.11 Å². The second-order valence-corrected chi connectivity index (χ2v) is 4.83. The minimum Gasteiger partial charge on any atom is -0.469 e. The highest BCUT2D eigenvalue weighted by atomic mass is 16.5. The molecule has 1 aromatic carbocycles. The lowest BCUT2D eigenvalue weighted by Crippen LogP contribution is -2.00. The lowest BCUT2D eigenvalue weighted by Gasteiger charge is -2.00. The van der Waals surface area contributed by atoms with Gasteiger partial charge in [-0.05, 0) is 30.2 Å². The van der Waals surface area contributed by atoms with Gasteiger partial charge >= 0.3 is 5.97 Å². The van der Waals surface area contributed by atoms with Crippen LogP contribution in [0.2, 0.25) is 0 Å². The zero-order valence-corrected chi connectivity index (χ0v) is 12.0. The second-order valence-electron chi connectivity index (χ2n) is 4.83. The van der Waals surface area contributed by atoms with Crippen LogP contribution in [0.15, 0.2) is 41.0 Å². The van der Waals surface area contributed by atoms with E-state index in [0.717, 1.165) is 29.7 Å². The first-order valence-corrected chi connectivity index (χ1v) is 7.00.